The number of hydrogen-bond acceptors (Lipinski definition) is 6. The predicted octanol–water partition coefficient (Wildman–Crippen LogP) is 2.28. The molecule has 1 aliphatic rings. The third kappa shape index (κ3) is 3.73. The van der Waals surface area contributed by atoms with Crippen molar-refractivity contribution in [2.24, 2.45) is 0 Å². The van der Waals surface area contributed by atoms with Crippen molar-refractivity contribution in [3.63, 3.8) is 0 Å². The average molecular weight is 331 g/mol. The van der Waals surface area contributed by atoms with Crippen molar-refractivity contribution in [2.75, 3.05) is 0 Å². The number of aromatic nitrogens is 2. The number of nitrogens with zero attached hydrogens (tertiary/aromatic N) is 2. The second-order valence-electron chi connectivity index (χ2n) is 5.38. The molecule has 2 aromatic rings. The van der Waals surface area contributed by atoms with Crippen LogP contribution in [0.3, 0.4) is 0 Å². The first-order chi connectivity index (χ1) is 11.2. The molecule has 3 rings (SSSR count). The monoisotopic (exact) mass is 331 g/mol. The van der Waals surface area contributed by atoms with Crippen LogP contribution in [0.25, 0.3) is 0 Å². The molecule has 0 spiro atoms. The van der Waals surface area contributed by atoms with E-state index >= 15 is 0 Å². The number of nitrogens with one attached hydrogen (secondary N) is 1. The number of ether oxygens (including phenoxy) is 1. The van der Waals surface area contributed by atoms with E-state index in [4.69, 9.17) is 4.74 Å². The van der Waals surface area contributed by atoms with Crippen LogP contribution in [-0.4, -0.2) is 27.5 Å². The molecule has 1 aliphatic carbocycles. The molecule has 7 heteroatoms. The first kappa shape index (κ1) is 15.6. The molecule has 0 radical (unpaired) electrons. The van der Waals surface area contributed by atoms with Crippen molar-refractivity contribution in [1.82, 2.24) is 14.9 Å². The standard InChI is InChI=1S/C16H17N3O3S/c1-2-12-14(23-19-18-12)16(21)22-13(10-6-4-3-5-7-10)15(20)17-11-8-9-11/h3-7,11,13H,2,8-9H2,1H3,(H,17,20). The summed E-state index contributed by atoms with van der Waals surface area (Å²) in [5.74, 6) is -0.848. The van der Waals surface area contributed by atoms with Gasteiger partial charge < -0.3 is 10.1 Å². The Balaban J connectivity index is 1.80. The molecule has 0 saturated heterocycles. The summed E-state index contributed by atoms with van der Waals surface area (Å²) in [6.07, 6.45) is 1.57. The molecular formula is C16H17N3O3S. The molecule has 1 amide bonds. The van der Waals surface area contributed by atoms with Gasteiger partial charge in [-0.1, -0.05) is 41.7 Å². The van der Waals surface area contributed by atoms with Crippen molar-refractivity contribution >= 4 is 23.4 Å². The smallest absolute Gasteiger partial charge is 0.353 e. The third-order valence-corrected chi connectivity index (χ3v) is 4.31. The molecule has 1 saturated carbocycles. The first-order valence-corrected chi connectivity index (χ1v) is 8.34. The average Bonchev–Trinajstić information content (AvgIpc) is 3.25. The summed E-state index contributed by atoms with van der Waals surface area (Å²) in [7, 11) is 0. The zero-order chi connectivity index (χ0) is 16.2. The second kappa shape index (κ2) is 6.87. The Morgan fingerprint density at radius 1 is 1.35 bits per heavy atom. The van der Waals surface area contributed by atoms with Crippen LogP contribution in [0.5, 0.6) is 0 Å². The molecule has 1 fully saturated rings. The maximum atomic E-state index is 12.4. The van der Waals surface area contributed by atoms with Crippen LogP contribution in [0.4, 0.5) is 0 Å². The van der Waals surface area contributed by atoms with E-state index in [-0.39, 0.29) is 11.9 Å². The molecule has 1 atom stereocenters. The number of carbonyl (C=O) groups excluding carboxylic acids is 2. The molecule has 1 heterocycles. The Labute approximate surface area is 138 Å². The van der Waals surface area contributed by atoms with Gasteiger partial charge in [-0.3, -0.25) is 4.79 Å². The fourth-order valence-electron chi connectivity index (χ4n) is 2.16. The second-order valence-corrected chi connectivity index (χ2v) is 6.14. The number of esters is 1. The van der Waals surface area contributed by atoms with Crippen LogP contribution in [0.1, 0.15) is 46.8 Å². The van der Waals surface area contributed by atoms with Gasteiger partial charge in [-0.15, -0.1) is 5.10 Å². The minimum atomic E-state index is -0.962. The van der Waals surface area contributed by atoms with Gasteiger partial charge in [0.2, 0.25) is 6.10 Å². The summed E-state index contributed by atoms with van der Waals surface area (Å²) < 4.78 is 9.28. The van der Waals surface area contributed by atoms with E-state index in [2.05, 4.69) is 14.9 Å². The number of hydrogen-bond donors (Lipinski definition) is 1. The van der Waals surface area contributed by atoms with Crippen LogP contribution in [-0.2, 0) is 16.0 Å². The van der Waals surface area contributed by atoms with Gasteiger partial charge in [-0.2, -0.15) is 0 Å². The number of carbonyl (C=O) groups is 2. The summed E-state index contributed by atoms with van der Waals surface area (Å²) in [6, 6.07) is 9.22. The Bertz CT molecular complexity index is 698. The Morgan fingerprint density at radius 2 is 2.09 bits per heavy atom. The summed E-state index contributed by atoms with van der Waals surface area (Å²) >= 11 is 0.990. The maximum Gasteiger partial charge on any atom is 0.353 e. The van der Waals surface area contributed by atoms with E-state index in [1.54, 1.807) is 12.1 Å². The molecule has 6 nitrogen and oxygen atoms in total. The van der Waals surface area contributed by atoms with Gasteiger partial charge in [0.1, 0.15) is 0 Å². The number of aryl methyl sites for hydroxylation is 1. The van der Waals surface area contributed by atoms with Gasteiger partial charge in [-0.25, -0.2) is 4.79 Å². The van der Waals surface area contributed by atoms with Crippen LogP contribution < -0.4 is 5.32 Å². The quantitative estimate of drug-likeness (QED) is 0.821. The van der Waals surface area contributed by atoms with E-state index in [0.717, 1.165) is 24.4 Å². The fourth-order valence-corrected chi connectivity index (χ4v) is 2.80. The van der Waals surface area contributed by atoms with Crippen molar-refractivity contribution < 1.29 is 14.3 Å². The number of amides is 1. The molecule has 1 aromatic carbocycles. The van der Waals surface area contributed by atoms with Crippen molar-refractivity contribution in [2.45, 2.75) is 38.3 Å². The van der Waals surface area contributed by atoms with Crippen LogP contribution in [0.2, 0.25) is 0 Å². The van der Waals surface area contributed by atoms with Gasteiger partial charge in [0.05, 0.1) is 5.69 Å². The minimum absolute atomic E-state index is 0.198. The Kier molecular flexibility index (Phi) is 4.66. The first-order valence-electron chi connectivity index (χ1n) is 7.56. The van der Waals surface area contributed by atoms with E-state index in [1.165, 1.54) is 0 Å². The van der Waals surface area contributed by atoms with Crippen LogP contribution >= 0.6 is 11.5 Å². The van der Waals surface area contributed by atoms with E-state index in [9.17, 15) is 9.59 Å². The lowest BCUT2D eigenvalue weighted by molar-refractivity contribution is -0.130. The molecular weight excluding hydrogens is 314 g/mol. The molecule has 1 N–H and O–H groups in total. The molecule has 23 heavy (non-hydrogen) atoms. The van der Waals surface area contributed by atoms with Crippen molar-refractivity contribution in [1.29, 1.82) is 0 Å². The van der Waals surface area contributed by atoms with E-state index < -0.39 is 12.1 Å². The van der Waals surface area contributed by atoms with Crippen LogP contribution in [0, 0.1) is 0 Å². The predicted molar refractivity (Wildman–Crippen MR) is 85.1 cm³/mol. The highest BCUT2D eigenvalue weighted by molar-refractivity contribution is 7.07. The highest BCUT2D eigenvalue weighted by Gasteiger charge is 2.32. The van der Waals surface area contributed by atoms with Gasteiger partial charge in [-0.05, 0) is 30.8 Å². The number of rotatable bonds is 6. The Hall–Kier alpha value is -2.28. The molecule has 1 aromatic heterocycles. The Morgan fingerprint density at radius 3 is 2.74 bits per heavy atom. The van der Waals surface area contributed by atoms with Crippen molar-refractivity contribution in [3.8, 4) is 0 Å². The minimum Gasteiger partial charge on any atom is -0.443 e. The lowest BCUT2D eigenvalue weighted by Gasteiger charge is -2.17. The topological polar surface area (TPSA) is 81.2 Å². The molecule has 0 bridgehead atoms. The summed E-state index contributed by atoms with van der Waals surface area (Å²) in [5.41, 5.74) is 1.24. The van der Waals surface area contributed by atoms with Gasteiger partial charge in [0, 0.05) is 11.6 Å². The fraction of sp³-hybridized carbons (Fsp3) is 0.375. The zero-order valence-corrected chi connectivity index (χ0v) is 13.5. The zero-order valence-electron chi connectivity index (χ0n) is 12.7. The lowest BCUT2D eigenvalue weighted by atomic mass is 10.1. The van der Waals surface area contributed by atoms with Gasteiger partial charge >= 0.3 is 5.97 Å². The molecule has 1 unspecified atom stereocenters. The maximum absolute atomic E-state index is 12.4. The SMILES string of the molecule is CCc1nnsc1C(=O)OC(C(=O)NC1CC1)c1ccccc1. The van der Waals surface area contributed by atoms with Gasteiger partial charge in [0.15, 0.2) is 4.88 Å². The summed E-state index contributed by atoms with van der Waals surface area (Å²) in [6.45, 7) is 1.89. The van der Waals surface area contributed by atoms with Crippen LogP contribution in [0.15, 0.2) is 30.3 Å². The van der Waals surface area contributed by atoms with E-state index in [1.807, 2.05) is 25.1 Å². The highest BCUT2D eigenvalue weighted by atomic mass is 32.1. The van der Waals surface area contributed by atoms with Crippen molar-refractivity contribution in [3.05, 3.63) is 46.5 Å². The molecule has 120 valence electrons. The lowest BCUT2D eigenvalue weighted by Crippen LogP contribution is -2.33. The molecule has 0 aliphatic heterocycles. The largest absolute Gasteiger partial charge is 0.443 e. The third-order valence-electron chi connectivity index (χ3n) is 3.57. The normalized spacial score (nSPS) is 15.0. The van der Waals surface area contributed by atoms with Gasteiger partial charge in [0.25, 0.3) is 5.91 Å². The number of benzene rings is 1. The highest BCUT2D eigenvalue weighted by Crippen LogP contribution is 2.25. The summed E-state index contributed by atoms with van der Waals surface area (Å²) in [4.78, 5) is 25.2. The summed E-state index contributed by atoms with van der Waals surface area (Å²) in [5, 5.41) is 6.79. The van der Waals surface area contributed by atoms with E-state index in [0.29, 0.717) is 22.6 Å².